The second-order valence-electron chi connectivity index (χ2n) is 7.99. The first kappa shape index (κ1) is 19.3. The minimum Gasteiger partial charge on any atom is -0.383 e. The van der Waals surface area contributed by atoms with Gasteiger partial charge in [0.2, 0.25) is 5.91 Å². The molecule has 2 aliphatic rings. The highest BCUT2D eigenvalue weighted by molar-refractivity contribution is 5.95. The molecule has 3 aromatic rings. The van der Waals surface area contributed by atoms with Crippen LogP contribution in [0.15, 0.2) is 42.9 Å². The van der Waals surface area contributed by atoms with Crippen molar-refractivity contribution >= 4 is 23.4 Å². The third-order valence-electron chi connectivity index (χ3n) is 5.99. The Morgan fingerprint density at radius 1 is 1.03 bits per heavy atom. The van der Waals surface area contributed by atoms with Crippen molar-refractivity contribution in [1.82, 2.24) is 15.0 Å². The lowest BCUT2D eigenvalue weighted by Gasteiger charge is -2.18. The third kappa shape index (κ3) is 3.35. The normalized spacial score (nSPS) is 20.4. The summed E-state index contributed by atoms with van der Waals surface area (Å²) in [5.74, 6) is 0.0497. The Labute approximate surface area is 177 Å². The molecule has 0 aliphatic carbocycles. The minimum absolute atomic E-state index is 0.0138. The molecule has 31 heavy (non-hydrogen) atoms. The molecule has 4 heterocycles. The summed E-state index contributed by atoms with van der Waals surface area (Å²) >= 11 is 0. The van der Waals surface area contributed by atoms with Crippen molar-refractivity contribution in [2.75, 3.05) is 35.7 Å². The van der Waals surface area contributed by atoms with E-state index in [9.17, 15) is 13.6 Å². The number of halogens is 2. The predicted molar refractivity (Wildman–Crippen MR) is 112 cm³/mol. The summed E-state index contributed by atoms with van der Waals surface area (Å²) in [4.78, 5) is 29.1. The zero-order valence-corrected chi connectivity index (χ0v) is 16.8. The number of hydrogen-bond acceptors (Lipinski definition) is 6. The molecule has 158 valence electrons. The second kappa shape index (κ2) is 7.26. The molecule has 2 aromatic heterocycles. The van der Waals surface area contributed by atoms with Gasteiger partial charge >= 0.3 is 0 Å². The summed E-state index contributed by atoms with van der Waals surface area (Å²) in [6.45, 7) is 1.03. The molecule has 9 heteroatoms. The topological polar surface area (TPSA) is 88.2 Å². The predicted octanol–water partition coefficient (Wildman–Crippen LogP) is 2.83. The number of nitrogens with two attached hydrogens (primary N) is 1. The van der Waals surface area contributed by atoms with E-state index < -0.39 is 11.6 Å². The highest BCUT2D eigenvalue weighted by atomic mass is 19.1. The van der Waals surface area contributed by atoms with Gasteiger partial charge < -0.3 is 10.6 Å². The lowest BCUT2D eigenvalue weighted by molar-refractivity contribution is -0.117. The van der Waals surface area contributed by atoms with Crippen LogP contribution in [0.5, 0.6) is 0 Å². The van der Waals surface area contributed by atoms with E-state index in [1.165, 1.54) is 18.5 Å². The van der Waals surface area contributed by atoms with Crippen molar-refractivity contribution in [2.45, 2.75) is 18.3 Å². The fourth-order valence-electron chi connectivity index (χ4n) is 4.49. The lowest BCUT2D eigenvalue weighted by Crippen LogP contribution is -2.25. The van der Waals surface area contributed by atoms with Crippen molar-refractivity contribution in [1.29, 1.82) is 0 Å². The van der Waals surface area contributed by atoms with E-state index in [1.54, 1.807) is 17.2 Å². The first-order chi connectivity index (χ1) is 14.9. The monoisotopic (exact) mass is 422 g/mol. The molecule has 5 rings (SSSR count). The number of carbonyl (C=O) groups excluding carboxylic acids is 1. The van der Waals surface area contributed by atoms with Crippen molar-refractivity contribution in [3.8, 4) is 0 Å². The Bertz CT molecular complexity index is 1150. The Kier molecular flexibility index (Phi) is 4.53. The van der Waals surface area contributed by atoms with Gasteiger partial charge in [-0.1, -0.05) is 6.07 Å². The Morgan fingerprint density at radius 3 is 2.52 bits per heavy atom. The first-order valence-electron chi connectivity index (χ1n) is 9.94. The van der Waals surface area contributed by atoms with E-state index in [2.05, 4.69) is 15.0 Å². The van der Waals surface area contributed by atoms with Gasteiger partial charge in [0, 0.05) is 56.2 Å². The second-order valence-corrected chi connectivity index (χ2v) is 7.99. The Hall–Kier alpha value is -3.62. The molecular weight excluding hydrogens is 402 g/mol. The van der Waals surface area contributed by atoms with Crippen LogP contribution < -0.4 is 15.5 Å². The van der Waals surface area contributed by atoms with Crippen LogP contribution in [0.3, 0.4) is 0 Å². The van der Waals surface area contributed by atoms with Crippen LogP contribution in [0.1, 0.15) is 34.9 Å². The summed E-state index contributed by atoms with van der Waals surface area (Å²) in [5.41, 5.74) is 8.40. The maximum absolute atomic E-state index is 13.6. The average Bonchev–Trinajstić information content (AvgIpc) is 3.29. The third-order valence-corrected chi connectivity index (χ3v) is 5.99. The Balaban J connectivity index is 1.38. The molecule has 1 fully saturated rings. The largest absolute Gasteiger partial charge is 0.383 e. The van der Waals surface area contributed by atoms with Crippen molar-refractivity contribution in [3.63, 3.8) is 0 Å². The average molecular weight is 422 g/mol. The van der Waals surface area contributed by atoms with Crippen LogP contribution in [-0.2, 0) is 4.79 Å². The van der Waals surface area contributed by atoms with Gasteiger partial charge in [0.1, 0.15) is 35.4 Å². The molecule has 1 amide bonds. The van der Waals surface area contributed by atoms with Crippen molar-refractivity contribution < 1.29 is 13.6 Å². The van der Waals surface area contributed by atoms with E-state index in [-0.39, 0.29) is 24.2 Å². The number of amides is 1. The zero-order chi connectivity index (χ0) is 21.7. The lowest BCUT2D eigenvalue weighted by atomic mass is 9.96. The molecule has 0 spiro atoms. The smallest absolute Gasteiger partial charge is 0.228 e. The summed E-state index contributed by atoms with van der Waals surface area (Å²) in [7, 11) is 1.95. The maximum Gasteiger partial charge on any atom is 0.228 e. The Morgan fingerprint density at radius 2 is 1.81 bits per heavy atom. The number of aromatic nitrogens is 3. The van der Waals surface area contributed by atoms with Crippen LogP contribution in [-0.4, -0.2) is 41.0 Å². The quantitative estimate of drug-likeness (QED) is 0.698. The fourth-order valence-corrected chi connectivity index (χ4v) is 4.49. The number of nitrogen functional groups attached to an aromatic ring is 1. The molecule has 0 radical (unpaired) electrons. The standard InChI is InChI=1S/C22H20F2N6O/c1-29-10-17(20-21(25)27-11-28-22(20)29)12-2-3-18(26-8-12)30-9-14(6-19(30)31)13-4-15(23)7-16(24)5-13/h2-5,7-8,11,14,17H,6,9-10H2,1H3,(H2,25,27,28). The molecule has 1 aromatic carbocycles. The van der Waals surface area contributed by atoms with Crippen LogP contribution in [0.2, 0.25) is 0 Å². The summed E-state index contributed by atoms with van der Waals surface area (Å²) in [5, 5.41) is 0. The number of pyridine rings is 1. The van der Waals surface area contributed by atoms with E-state index in [1.807, 2.05) is 18.0 Å². The van der Waals surface area contributed by atoms with Gasteiger partial charge in [0.25, 0.3) is 0 Å². The highest BCUT2D eigenvalue weighted by Gasteiger charge is 2.34. The molecular formula is C22H20F2N6O. The number of nitrogens with zero attached hydrogens (tertiary/aromatic N) is 5. The molecule has 0 saturated carbocycles. The molecule has 0 bridgehead atoms. The zero-order valence-electron chi connectivity index (χ0n) is 16.8. The van der Waals surface area contributed by atoms with E-state index in [0.29, 0.717) is 30.3 Å². The van der Waals surface area contributed by atoms with Crippen LogP contribution in [0, 0.1) is 11.6 Å². The highest BCUT2D eigenvalue weighted by Crippen LogP contribution is 2.40. The van der Waals surface area contributed by atoms with Gasteiger partial charge in [-0.2, -0.15) is 0 Å². The van der Waals surface area contributed by atoms with Gasteiger partial charge in [0.05, 0.1) is 0 Å². The number of benzene rings is 1. The number of rotatable bonds is 3. The van der Waals surface area contributed by atoms with E-state index in [0.717, 1.165) is 23.0 Å². The van der Waals surface area contributed by atoms with Crippen molar-refractivity contribution in [2.24, 2.45) is 0 Å². The van der Waals surface area contributed by atoms with E-state index >= 15 is 0 Å². The van der Waals surface area contributed by atoms with Crippen molar-refractivity contribution in [3.05, 3.63) is 71.2 Å². The minimum atomic E-state index is -0.645. The van der Waals surface area contributed by atoms with Gasteiger partial charge in [0.15, 0.2) is 0 Å². The molecule has 2 unspecified atom stereocenters. The SMILES string of the molecule is CN1CC(c2ccc(N3CC(c4cc(F)cc(F)c4)CC3=O)nc2)c2c(N)ncnc21. The summed E-state index contributed by atoms with van der Waals surface area (Å²) in [6.07, 6.45) is 3.37. The number of fused-ring (bicyclic) bond motifs is 1. The van der Waals surface area contributed by atoms with Gasteiger partial charge in [-0.3, -0.25) is 9.69 Å². The summed E-state index contributed by atoms with van der Waals surface area (Å²) in [6, 6.07) is 7.10. The molecule has 2 aliphatic heterocycles. The summed E-state index contributed by atoms with van der Waals surface area (Å²) < 4.78 is 27.2. The van der Waals surface area contributed by atoms with Gasteiger partial charge in [-0.15, -0.1) is 0 Å². The van der Waals surface area contributed by atoms with E-state index in [4.69, 9.17) is 5.73 Å². The number of likely N-dealkylation sites (N-methyl/N-ethyl adjacent to an activating group) is 1. The van der Waals surface area contributed by atoms with Crippen LogP contribution in [0.4, 0.5) is 26.2 Å². The van der Waals surface area contributed by atoms with Crippen LogP contribution in [0.25, 0.3) is 0 Å². The van der Waals surface area contributed by atoms with Gasteiger partial charge in [-0.05, 0) is 29.3 Å². The number of hydrogen-bond donors (Lipinski definition) is 1. The fraction of sp³-hybridized carbons (Fsp3) is 0.273. The van der Waals surface area contributed by atoms with Gasteiger partial charge in [-0.25, -0.2) is 23.7 Å². The first-order valence-corrected chi connectivity index (χ1v) is 9.94. The molecule has 2 atom stereocenters. The molecule has 7 nitrogen and oxygen atoms in total. The molecule has 2 N–H and O–H groups in total. The maximum atomic E-state index is 13.6. The number of carbonyl (C=O) groups is 1. The number of anilines is 3. The van der Waals surface area contributed by atoms with Crippen LogP contribution >= 0.6 is 0 Å². The molecule has 1 saturated heterocycles.